The third-order valence-corrected chi connectivity index (χ3v) is 4.52. The Morgan fingerprint density at radius 2 is 1.85 bits per heavy atom. The molecule has 1 N–H and O–H groups in total. The molecule has 6 heteroatoms. The minimum atomic E-state index is -0.0921. The van der Waals surface area contributed by atoms with Crippen molar-refractivity contribution in [2.24, 2.45) is 7.05 Å². The summed E-state index contributed by atoms with van der Waals surface area (Å²) in [6.07, 6.45) is 1.94. The Labute approximate surface area is 153 Å². The van der Waals surface area contributed by atoms with Crippen molar-refractivity contribution >= 4 is 5.91 Å². The zero-order valence-electron chi connectivity index (χ0n) is 15.9. The molecule has 3 rings (SSSR count). The Hall–Kier alpha value is -2.89. The molecular weight excluding hydrogens is 326 g/mol. The quantitative estimate of drug-likeness (QED) is 0.768. The molecule has 136 valence electrons. The highest BCUT2D eigenvalue weighted by Gasteiger charge is 2.15. The fourth-order valence-corrected chi connectivity index (χ4v) is 3.17. The first-order valence-electron chi connectivity index (χ1n) is 8.74. The van der Waals surface area contributed by atoms with Gasteiger partial charge in [-0.1, -0.05) is 12.1 Å². The number of benzene rings is 1. The van der Waals surface area contributed by atoms with Gasteiger partial charge >= 0.3 is 0 Å². The van der Waals surface area contributed by atoms with Gasteiger partial charge in [0.2, 0.25) is 0 Å². The number of nitrogens with one attached hydrogen (secondary N) is 1. The number of amides is 1. The van der Waals surface area contributed by atoms with Gasteiger partial charge < -0.3 is 5.32 Å². The number of aryl methyl sites for hydroxylation is 4. The average molecular weight is 351 g/mol. The van der Waals surface area contributed by atoms with Crippen LogP contribution in [-0.4, -0.2) is 25.5 Å². The van der Waals surface area contributed by atoms with Crippen LogP contribution in [0, 0.1) is 20.8 Å². The highest BCUT2D eigenvalue weighted by Crippen LogP contribution is 2.16. The monoisotopic (exact) mass is 351 g/mol. The lowest BCUT2D eigenvalue weighted by molar-refractivity contribution is 0.0940. The van der Waals surface area contributed by atoms with Crippen molar-refractivity contribution in [1.82, 2.24) is 24.9 Å². The van der Waals surface area contributed by atoms with E-state index in [0.29, 0.717) is 12.1 Å². The second-order valence-corrected chi connectivity index (χ2v) is 6.82. The van der Waals surface area contributed by atoms with Crippen LogP contribution < -0.4 is 5.32 Å². The largest absolute Gasteiger partial charge is 0.345 e. The summed E-state index contributed by atoms with van der Waals surface area (Å²) in [6, 6.07) is 9.64. The van der Waals surface area contributed by atoms with Gasteiger partial charge in [0.15, 0.2) is 0 Å². The maximum atomic E-state index is 12.5. The Kier molecular flexibility index (Phi) is 4.93. The molecule has 1 unspecified atom stereocenters. The number of carbonyl (C=O) groups excluding carboxylic acids is 1. The standard InChI is InChI=1S/C20H25N5O/c1-13-10-14(2)25(22-13)11-17-6-8-18(9-7-17)20(26)21-15(3)19-12-24(5)23-16(19)4/h6-10,12,15H,11H2,1-5H3,(H,21,26). The molecule has 0 fully saturated rings. The van der Waals surface area contributed by atoms with Gasteiger partial charge in [-0.15, -0.1) is 0 Å². The molecule has 2 heterocycles. The van der Waals surface area contributed by atoms with Crippen molar-refractivity contribution in [2.45, 2.75) is 40.3 Å². The van der Waals surface area contributed by atoms with E-state index in [-0.39, 0.29) is 11.9 Å². The average Bonchev–Trinajstić information content (AvgIpc) is 3.08. The molecule has 0 aliphatic heterocycles. The fraction of sp³-hybridized carbons (Fsp3) is 0.350. The third-order valence-electron chi connectivity index (χ3n) is 4.52. The topological polar surface area (TPSA) is 64.7 Å². The van der Waals surface area contributed by atoms with E-state index in [0.717, 1.165) is 28.2 Å². The van der Waals surface area contributed by atoms with E-state index in [1.807, 2.05) is 69.9 Å². The molecule has 0 aliphatic rings. The normalized spacial score (nSPS) is 12.2. The summed E-state index contributed by atoms with van der Waals surface area (Å²) < 4.78 is 3.73. The molecule has 3 aromatic rings. The van der Waals surface area contributed by atoms with Crippen LogP contribution in [0.2, 0.25) is 0 Å². The molecular formula is C20H25N5O. The van der Waals surface area contributed by atoms with Crippen LogP contribution in [-0.2, 0) is 13.6 Å². The minimum absolute atomic E-state index is 0.0848. The molecule has 26 heavy (non-hydrogen) atoms. The summed E-state index contributed by atoms with van der Waals surface area (Å²) in [6.45, 7) is 8.66. The lowest BCUT2D eigenvalue weighted by Crippen LogP contribution is -2.26. The van der Waals surface area contributed by atoms with E-state index in [4.69, 9.17) is 0 Å². The fourth-order valence-electron chi connectivity index (χ4n) is 3.17. The summed E-state index contributed by atoms with van der Waals surface area (Å²) in [7, 11) is 1.88. The summed E-state index contributed by atoms with van der Waals surface area (Å²) >= 11 is 0. The van der Waals surface area contributed by atoms with Gasteiger partial charge in [-0.3, -0.25) is 14.2 Å². The second-order valence-electron chi connectivity index (χ2n) is 6.82. The second kappa shape index (κ2) is 7.15. The molecule has 0 spiro atoms. The summed E-state index contributed by atoms with van der Waals surface area (Å²) in [4.78, 5) is 12.5. The Morgan fingerprint density at radius 3 is 2.38 bits per heavy atom. The molecule has 1 atom stereocenters. The van der Waals surface area contributed by atoms with Crippen molar-refractivity contribution in [3.8, 4) is 0 Å². The van der Waals surface area contributed by atoms with E-state index in [1.54, 1.807) is 4.68 Å². The van der Waals surface area contributed by atoms with Crippen LogP contribution in [0.5, 0.6) is 0 Å². The Bertz CT molecular complexity index is 920. The van der Waals surface area contributed by atoms with Crippen molar-refractivity contribution in [2.75, 3.05) is 0 Å². The van der Waals surface area contributed by atoms with E-state index in [9.17, 15) is 4.79 Å². The maximum absolute atomic E-state index is 12.5. The predicted octanol–water partition coefficient (Wildman–Crippen LogP) is 3.08. The molecule has 0 saturated heterocycles. The first-order chi connectivity index (χ1) is 12.3. The zero-order valence-corrected chi connectivity index (χ0v) is 15.9. The number of aromatic nitrogens is 4. The summed E-state index contributed by atoms with van der Waals surface area (Å²) in [5, 5.41) is 11.8. The van der Waals surface area contributed by atoms with Crippen LogP contribution in [0.1, 0.15) is 51.5 Å². The van der Waals surface area contributed by atoms with Crippen LogP contribution in [0.3, 0.4) is 0 Å². The number of hydrogen-bond acceptors (Lipinski definition) is 3. The first-order valence-corrected chi connectivity index (χ1v) is 8.74. The number of rotatable bonds is 5. The number of nitrogens with zero attached hydrogens (tertiary/aromatic N) is 4. The van der Waals surface area contributed by atoms with E-state index in [1.165, 1.54) is 0 Å². The zero-order chi connectivity index (χ0) is 18.8. The molecule has 1 aromatic carbocycles. The lowest BCUT2D eigenvalue weighted by atomic mass is 10.1. The molecule has 2 aromatic heterocycles. The van der Waals surface area contributed by atoms with Gasteiger partial charge in [-0.2, -0.15) is 10.2 Å². The van der Waals surface area contributed by atoms with Gasteiger partial charge in [0, 0.05) is 30.1 Å². The van der Waals surface area contributed by atoms with E-state index in [2.05, 4.69) is 21.6 Å². The number of hydrogen-bond donors (Lipinski definition) is 1. The highest BCUT2D eigenvalue weighted by atomic mass is 16.1. The third kappa shape index (κ3) is 3.85. The molecule has 0 aliphatic carbocycles. The smallest absolute Gasteiger partial charge is 0.251 e. The van der Waals surface area contributed by atoms with Crippen LogP contribution in [0.15, 0.2) is 36.5 Å². The molecule has 1 amide bonds. The Morgan fingerprint density at radius 1 is 1.15 bits per heavy atom. The molecule has 6 nitrogen and oxygen atoms in total. The van der Waals surface area contributed by atoms with Gasteiger partial charge in [0.05, 0.1) is 24.0 Å². The van der Waals surface area contributed by atoms with Crippen molar-refractivity contribution in [3.63, 3.8) is 0 Å². The summed E-state index contributed by atoms with van der Waals surface area (Å²) in [5.41, 5.74) is 5.87. The van der Waals surface area contributed by atoms with Gasteiger partial charge in [-0.05, 0) is 51.5 Å². The summed E-state index contributed by atoms with van der Waals surface area (Å²) in [5.74, 6) is -0.0848. The van der Waals surface area contributed by atoms with Crippen molar-refractivity contribution in [1.29, 1.82) is 0 Å². The van der Waals surface area contributed by atoms with Gasteiger partial charge in [0.25, 0.3) is 5.91 Å². The van der Waals surface area contributed by atoms with Crippen LogP contribution in [0.4, 0.5) is 0 Å². The molecule has 0 saturated carbocycles. The van der Waals surface area contributed by atoms with Gasteiger partial charge in [0.1, 0.15) is 0 Å². The van der Waals surface area contributed by atoms with Crippen LogP contribution >= 0.6 is 0 Å². The van der Waals surface area contributed by atoms with Crippen LogP contribution in [0.25, 0.3) is 0 Å². The van der Waals surface area contributed by atoms with E-state index >= 15 is 0 Å². The predicted molar refractivity (Wildman–Crippen MR) is 101 cm³/mol. The molecule has 0 radical (unpaired) electrons. The Balaban J connectivity index is 1.67. The van der Waals surface area contributed by atoms with Crippen molar-refractivity contribution < 1.29 is 4.79 Å². The first kappa shape index (κ1) is 17.9. The lowest BCUT2D eigenvalue weighted by Gasteiger charge is -2.13. The minimum Gasteiger partial charge on any atom is -0.345 e. The van der Waals surface area contributed by atoms with Crippen molar-refractivity contribution in [3.05, 3.63) is 70.3 Å². The molecule has 0 bridgehead atoms. The highest BCUT2D eigenvalue weighted by molar-refractivity contribution is 5.94. The van der Waals surface area contributed by atoms with E-state index < -0.39 is 0 Å². The number of carbonyl (C=O) groups is 1. The van der Waals surface area contributed by atoms with Gasteiger partial charge in [-0.25, -0.2) is 0 Å². The SMILES string of the molecule is Cc1cc(C)n(Cc2ccc(C(=O)NC(C)c3cn(C)nc3C)cc2)n1. The maximum Gasteiger partial charge on any atom is 0.251 e.